The van der Waals surface area contributed by atoms with Gasteiger partial charge in [0.2, 0.25) is 15.9 Å². The number of carbonyl (C=O) groups excluding carboxylic acids is 1. The minimum absolute atomic E-state index is 0.180. The molecular weight excluding hydrogens is 364 g/mol. The monoisotopic (exact) mass is 392 g/mol. The molecule has 0 aromatic heterocycles. The van der Waals surface area contributed by atoms with Crippen LogP contribution < -0.4 is 5.32 Å². The van der Waals surface area contributed by atoms with Gasteiger partial charge in [0.15, 0.2) is 0 Å². The smallest absolute Gasteiger partial charge is 0.243 e. The molecule has 8 heteroatoms. The molecule has 2 atom stereocenters. The van der Waals surface area contributed by atoms with Gasteiger partial charge in [-0.1, -0.05) is 17.7 Å². The van der Waals surface area contributed by atoms with Crippen LogP contribution in [-0.2, 0) is 14.8 Å². The second kappa shape index (κ2) is 7.50. The zero-order valence-electron chi connectivity index (χ0n) is 15.8. The average Bonchev–Trinajstić information content (AvgIpc) is 3.24. The van der Waals surface area contributed by atoms with Crippen LogP contribution in [0.3, 0.4) is 0 Å². The molecule has 3 saturated heterocycles. The third-order valence-electron chi connectivity index (χ3n) is 6.09. The number of amides is 1. The van der Waals surface area contributed by atoms with Crippen molar-refractivity contribution in [1.82, 2.24) is 19.4 Å². The fourth-order valence-corrected chi connectivity index (χ4v) is 5.76. The first kappa shape index (κ1) is 18.9. The average molecular weight is 393 g/mol. The third-order valence-corrected chi connectivity index (χ3v) is 8.00. The maximum Gasteiger partial charge on any atom is 0.243 e. The van der Waals surface area contributed by atoms with Crippen LogP contribution in [0.25, 0.3) is 0 Å². The van der Waals surface area contributed by atoms with E-state index in [1.807, 2.05) is 24.0 Å². The molecule has 1 aromatic carbocycles. The number of piperazine rings is 1. The molecule has 27 heavy (non-hydrogen) atoms. The Morgan fingerprint density at radius 1 is 1.04 bits per heavy atom. The van der Waals surface area contributed by atoms with Gasteiger partial charge in [-0.25, -0.2) is 8.42 Å². The SMILES string of the molecule is Cc1ccc(S(=O)(=O)N2CCN(CC(=O)N3C[C@H]4CNC[C@H]4C3)CC2)cc1. The normalized spacial score (nSPS) is 27.1. The molecule has 7 nitrogen and oxygen atoms in total. The van der Waals surface area contributed by atoms with Crippen LogP contribution in [0.2, 0.25) is 0 Å². The fourth-order valence-electron chi connectivity index (χ4n) is 4.34. The molecule has 0 spiro atoms. The number of likely N-dealkylation sites (tertiary alicyclic amines) is 1. The van der Waals surface area contributed by atoms with Crippen molar-refractivity contribution in [2.45, 2.75) is 11.8 Å². The molecule has 3 heterocycles. The molecule has 4 rings (SSSR count). The number of sulfonamides is 1. The second-order valence-corrected chi connectivity index (χ2v) is 9.91. The van der Waals surface area contributed by atoms with E-state index in [0.717, 1.165) is 31.7 Å². The molecule has 1 N–H and O–H groups in total. The Balaban J connectivity index is 1.30. The summed E-state index contributed by atoms with van der Waals surface area (Å²) < 4.78 is 27.1. The van der Waals surface area contributed by atoms with E-state index in [4.69, 9.17) is 0 Å². The van der Waals surface area contributed by atoms with E-state index in [1.54, 1.807) is 12.1 Å². The lowest BCUT2D eigenvalue weighted by Crippen LogP contribution is -2.51. The van der Waals surface area contributed by atoms with E-state index < -0.39 is 10.0 Å². The summed E-state index contributed by atoms with van der Waals surface area (Å²) in [6.07, 6.45) is 0. The number of rotatable bonds is 4. The summed E-state index contributed by atoms with van der Waals surface area (Å²) in [7, 11) is -3.45. The summed E-state index contributed by atoms with van der Waals surface area (Å²) in [4.78, 5) is 17.0. The zero-order chi connectivity index (χ0) is 19.0. The van der Waals surface area contributed by atoms with Gasteiger partial charge in [-0.05, 0) is 30.9 Å². The minimum atomic E-state index is -3.45. The summed E-state index contributed by atoms with van der Waals surface area (Å²) in [5.41, 5.74) is 1.04. The minimum Gasteiger partial charge on any atom is -0.341 e. The standard InChI is InChI=1S/C19H28N4O3S/c1-15-2-4-18(5-3-15)27(25,26)23-8-6-21(7-9-23)14-19(24)22-12-16-10-20-11-17(16)13-22/h2-5,16-17,20H,6-14H2,1H3/t16-,17+. The lowest BCUT2D eigenvalue weighted by Gasteiger charge is -2.34. The summed E-state index contributed by atoms with van der Waals surface area (Å²) in [6, 6.07) is 6.98. The first-order valence-corrected chi connectivity index (χ1v) is 11.1. The number of benzene rings is 1. The second-order valence-electron chi connectivity index (χ2n) is 7.97. The van der Waals surface area contributed by atoms with E-state index >= 15 is 0 Å². The predicted molar refractivity (Wildman–Crippen MR) is 103 cm³/mol. The van der Waals surface area contributed by atoms with Crippen molar-refractivity contribution in [3.63, 3.8) is 0 Å². The number of aryl methyl sites for hydroxylation is 1. The van der Waals surface area contributed by atoms with Crippen LogP contribution in [0.4, 0.5) is 0 Å². The Hall–Kier alpha value is -1.48. The third kappa shape index (κ3) is 3.89. The highest BCUT2D eigenvalue weighted by Gasteiger charge is 2.38. The van der Waals surface area contributed by atoms with Gasteiger partial charge in [0, 0.05) is 52.4 Å². The Morgan fingerprint density at radius 2 is 1.63 bits per heavy atom. The van der Waals surface area contributed by atoms with Crippen molar-refractivity contribution in [1.29, 1.82) is 0 Å². The van der Waals surface area contributed by atoms with E-state index in [9.17, 15) is 13.2 Å². The topological polar surface area (TPSA) is 73.0 Å². The van der Waals surface area contributed by atoms with Gasteiger partial charge >= 0.3 is 0 Å². The van der Waals surface area contributed by atoms with Crippen molar-refractivity contribution in [3.05, 3.63) is 29.8 Å². The van der Waals surface area contributed by atoms with Crippen molar-refractivity contribution in [2.24, 2.45) is 11.8 Å². The molecule has 0 unspecified atom stereocenters. The first-order chi connectivity index (χ1) is 12.9. The van der Waals surface area contributed by atoms with Crippen molar-refractivity contribution in [2.75, 3.05) is 58.9 Å². The number of nitrogens with zero attached hydrogens (tertiary/aromatic N) is 3. The van der Waals surface area contributed by atoms with Gasteiger partial charge in [0.05, 0.1) is 11.4 Å². The molecule has 0 aliphatic carbocycles. The molecule has 0 saturated carbocycles. The van der Waals surface area contributed by atoms with Crippen LogP contribution in [-0.4, -0.2) is 87.3 Å². The van der Waals surface area contributed by atoms with Gasteiger partial charge in [-0.2, -0.15) is 4.31 Å². The molecule has 0 radical (unpaired) electrons. The molecule has 1 amide bonds. The fraction of sp³-hybridized carbons (Fsp3) is 0.632. The quantitative estimate of drug-likeness (QED) is 0.780. The maximum atomic E-state index is 12.8. The highest BCUT2D eigenvalue weighted by Crippen LogP contribution is 2.26. The molecule has 148 valence electrons. The number of carbonyl (C=O) groups is 1. The highest BCUT2D eigenvalue weighted by molar-refractivity contribution is 7.89. The van der Waals surface area contributed by atoms with Crippen molar-refractivity contribution >= 4 is 15.9 Å². The first-order valence-electron chi connectivity index (χ1n) is 9.71. The number of hydrogen-bond acceptors (Lipinski definition) is 5. The van der Waals surface area contributed by atoms with Crippen LogP contribution in [0.1, 0.15) is 5.56 Å². The summed E-state index contributed by atoms with van der Waals surface area (Å²) >= 11 is 0. The Labute approximate surface area is 161 Å². The van der Waals surface area contributed by atoms with Crippen molar-refractivity contribution in [3.8, 4) is 0 Å². The number of fused-ring (bicyclic) bond motifs is 1. The Bertz CT molecular complexity index is 776. The lowest BCUT2D eigenvalue weighted by atomic mass is 10.0. The van der Waals surface area contributed by atoms with Crippen LogP contribution in [0, 0.1) is 18.8 Å². The summed E-state index contributed by atoms with van der Waals surface area (Å²) in [5, 5.41) is 3.39. The van der Waals surface area contributed by atoms with E-state index in [2.05, 4.69) is 10.2 Å². The van der Waals surface area contributed by atoms with Crippen LogP contribution >= 0.6 is 0 Å². The molecule has 1 aromatic rings. The van der Waals surface area contributed by atoms with Crippen LogP contribution in [0.15, 0.2) is 29.2 Å². The molecule has 3 fully saturated rings. The lowest BCUT2D eigenvalue weighted by molar-refractivity contribution is -0.131. The highest BCUT2D eigenvalue weighted by atomic mass is 32.2. The van der Waals surface area contributed by atoms with Gasteiger partial charge in [0.25, 0.3) is 0 Å². The predicted octanol–water partition coefficient (Wildman–Crippen LogP) is -0.0209. The van der Waals surface area contributed by atoms with E-state index in [0.29, 0.717) is 49.5 Å². The molecule has 3 aliphatic heterocycles. The number of nitrogens with one attached hydrogen (secondary N) is 1. The Kier molecular flexibility index (Phi) is 5.24. The van der Waals surface area contributed by atoms with E-state index in [1.165, 1.54) is 4.31 Å². The summed E-state index contributed by atoms with van der Waals surface area (Å²) in [5.74, 6) is 1.38. The van der Waals surface area contributed by atoms with Crippen LogP contribution in [0.5, 0.6) is 0 Å². The van der Waals surface area contributed by atoms with Gasteiger partial charge in [-0.3, -0.25) is 9.69 Å². The Morgan fingerprint density at radius 3 is 2.22 bits per heavy atom. The van der Waals surface area contributed by atoms with Gasteiger partial charge in [-0.15, -0.1) is 0 Å². The largest absolute Gasteiger partial charge is 0.341 e. The van der Waals surface area contributed by atoms with Gasteiger partial charge in [0.1, 0.15) is 0 Å². The molecule has 0 bridgehead atoms. The van der Waals surface area contributed by atoms with E-state index in [-0.39, 0.29) is 5.91 Å². The molecule has 3 aliphatic rings. The number of hydrogen-bond donors (Lipinski definition) is 1. The maximum absolute atomic E-state index is 12.8. The molecular formula is C19H28N4O3S. The zero-order valence-corrected chi connectivity index (χ0v) is 16.6. The summed E-state index contributed by atoms with van der Waals surface area (Å²) in [6.45, 7) is 8.14. The van der Waals surface area contributed by atoms with Gasteiger partial charge < -0.3 is 10.2 Å². The van der Waals surface area contributed by atoms with Crippen molar-refractivity contribution < 1.29 is 13.2 Å².